The lowest BCUT2D eigenvalue weighted by Gasteiger charge is -2.08. The first-order chi connectivity index (χ1) is 11.4. The van der Waals surface area contributed by atoms with Gasteiger partial charge in [0.25, 0.3) is 15.7 Å². The fourth-order valence-corrected chi connectivity index (χ4v) is 4.05. The van der Waals surface area contributed by atoms with Crippen LogP contribution in [0.3, 0.4) is 0 Å². The number of benzene rings is 2. The molecule has 7 nitrogen and oxygen atoms in total. The van der Waals surface area contributed by atoms with Crippen LogP contribution in [-0.4, -0.2) is 22.4 Å². The van der Waals surface area contributed by atoms with E-state index in [1.54, 1.807) is 24.3 Å². The molecule has 1 heterocycles. The summed E-state index contributed by atoms with van der Waals surface area (Å²) in [5.41, 5.74) is 0.327. The van der Waals surface area contributed by atoms with E-state index in [9.17, 15) is 23.6 Å². The van der Waals surface area contributed by atoms with Crippen molar-refractivity contribution < 1.29 is 18.4 Å². The molecule has 3 aromatic rings. The van der Waals surface area contributed by atoms with Crippen molar-refractivity contribution in [3.8, 4) is 0 Å². The third-order valence-corrected chi connectivity index (χ3v) is 5.59. The van der Waals surface area contributed by atoms with Gasteiger partial charge in [-0.15, -0.1) is 0 Å². The Morgan fingerprint density at radius 3 is 2.58 bits per heavy atom. The van der Waals surface area contributed by atoms with E-state index >= 15 is 0 Å². The second-order valence-electron chi connectivity index (χ2n) is 5.00. The molecule has 0 unspecified atom stereocenters. The molecule has 0 aliphatic rings. The van der Waals surface area contributed by atoms with Crippen molar-refractivity contribution in [2.75, 3.05) is 0 Å². The Balaban J connectivity index is 2.26. The number of fused-ring (bicyclic) bond motifs is 1. The number of halogens is 1. The Morgan fingerprint density at radius 1 is 1.21 bits per heavy atom. The molecule has 0 radical (unpaired) electrons. The standard InChI is InChI=1S/C15H11ClN2O5S/c16-13-6-5-11(7-15(13)18(20)21)24(22,23)17-8-10(9-19)12-3-1-2-4-14(12)17/h1-8,19H,9H2. The first-order valence-corrected chi connectivity index (χ1v) is 8.57. The molecular formula is C15H11ClN2O5S. The fraction of sp³-hybridized carbons (Fsp3) is 0.0667. The molecule has 0 aliphatic carbocycles. The number of nitro groups is 1. The predicted octanol–water partition coefficient (Wildman–Crippen LogP) is 2.93. The van der Waals surface area contributed by atoms with E-state index in [1.807, 2.05) is 0 Å². The van der Waals surface area contributed by atoms with Gasteiger partial charge in [-0.05, 0) is 18.2 Å². The lowest BCUT2D eigenvalue weighted by molar-refractivity contribution is -0.384. The summed E-state index contributed by atoms with van der Waals surface area (Å²) in [6.07, 6.45) is 1.31. The normalized spacial score (nSPS) is 11.8. The van der Waals surface area contributed by atoms with E-state index < -0.39 is 20.6 Å². The van der Waals surface area contributed by atoms with Gasteiger partial charge >= 0.3 is 0 Å². The molecule has 9 heteroatoms. The molecule has 0 amide bonds. The van der Waals surface area contributed by atoms with Crippen LogP contribution in [-0.2, 0) is 16.6 Å². The van der Waals surface area contributed by atoms with Gasteiger partial charge in [0, 0.05) is 23.2 Å². The molecule has 0 fully saturated rings. The smallest absolute Gasteiger partial charge is 0.289 e. The van der Waals surface area contributed by atoms with Crippen LogP contribution in [0.5, 0.6) is 0 Å². The van der Waals surface area contributed by atoms with Gasteiger partial charge in [-0.3, -0.25) is 10.1 Å². The van der Waals surface area contributed by atoms with Gasteiger partial charge in [-0.2, -0.15) is 0 Å². The highest BCUT2D eigenvalue weighted by molar-refractivity contribution is 7.90. The van der Waals surface area contributed by atoms with Gasteiger partial charge in [-0.1, -0.05) is 29.8 Å². The second-order valence-corrected chi connectivity index (χ2v) is 7.22. The summed E-state index contributed by atoms with van der Waals surface area (Å²) in [7, 11) is -4.09. The van der Waals surface area contributed by atoms with E-state index in [2.05, 4.69) is 0 Å². The van der Waals surface area contributed by atoms with E-state index in [0.29, 0.717) is 16.5 Å². The highest BCUT2D eigenvalue weighted by Crippen LogP contribution is 2.30. The predicted molar refractivity (Wildman–Crippen MR) is 88.6 cm³/mol. The number of hydrogen-bond acceptors (Lipinski definition) is 5. The molecule has 1 N–H and O–H groups in total. The molecule has 0 spiro atoms. The minimum Gasteiger partial charge on any atom is -0.392 e. The Morgan fingerprint density at radius 2 is 1.92 bits per heavy atom. The number of nitrogens with zero attached hydrogens (tertiary/aromatic N) is 2. The molecule has 0 atom stereocenters. The molecule has 24 heavy (non-hydrogen) atoms. The molecule has 0 bridgehead atoms. The molecule has 2 aromatic carbocycles. The van der Waals surface area contributed by atoms with Crippen molar-refractivity contribution in [1.29, 1.82) is 0 Å². The van der Waals surface area contributed by atoms with Crippen molar-refractivity contribution in [2.24, 2.45) is 0 Å². The summed E-state index contributed by atoms with van der Waals surface area (Å²) in [5.74, 6) is 0. The van der Waals surface area contributed by atoms with Crippen LogP contribution in [0.4, 0.5) is 5.69 Å². The first-order valence-electron chi connectivity index (χ1n) is 6.75. The summed E-state index contributed by atoms with van der Waals surface area (Å²) in [4.78, 5) is 9.98. The summed E-state index contributed by atoms with van der Waals surface area (Å²) >= 11 is 5.73. The van der Waals surface area contributed by atoms with Crippen molar-refractivity contribution in [2.45, 2.75) is 11.5 Å². The van der Waals surface area contributed by atoms with Crippen LogP contribution in [0.1, 0.15) is 5.56 Å². The number of nitro benzene ring substituents is 1. The van der Waals surface area contributed by atoms with Crippen LogP contribution in [0.25, 0.3) is 10.9 Å². The monoisotopic (exact) mass is 366 g/mol. The van der Waals surface area contributed by atoms with Gasteiger partial charge in [-0.25, -0.2) is 12.4 Å². The van der Waals surface area contributed by atoms with E-state index in [4.69, 9.17) is 11.6 Å². The Hall–Kier alpha value is -2.42. The molecule has 0 saturated carbocycles. The average molecular weight is 367 g/mol. The summed E-state index contributed by atoms with van der Waals surface area (Å²) in [6.45, 7) is -0.330. The maximum atomic E-state index is 12.9. The lowest BCUT2D eigenvalue weighted by Crippen LogP contribution is -2.12. The molecule has 0 saturated heterocycles. The maximum absolute atomic E-state index is 12.9. The molecule has 1 aromatic heterocycles. The molecule has 124 valence electrons. The van der Waals surface area contributed by atoms with Crippen molar-refractivity contribution in [3.05, 3.63) is 69.4 Å². The molecular weight excluding hydrogens is 356 g/mol. The zero-order valence-corrected chi connectivity index (χ0v) is 13.7. The Kier molecular flexibility index (Phi) is 4.04. The average Bonchev–Trinajstić information content (AvgIpc) is 2.94. The SMILES string of the molecule is O=[N+]([O-])c1cc(S(=O)(=O)n2cc(CO)c3ccccc32)ccc1Cl. The van der Waals surface area contributed by atoms with Gasteiger partial charge < -0.3 is 5.11 Å². The van der Waals surface area contributed by atoms with Crippen molar-refractivity contribution >= 4 is 38.2 Å². The van der Waals surface area contributed by atoms with Gasteiger partial charge in [0.1, 0.15) is 5.02 Å². The number of para-hydroxylation sites is 1. The zero-order chi connectivity index (χ0) is 17.5. The topological polar surface area (TPSA) is 102 Å². The molecule has 3 rings (SSSR count). The summed E-state index contributed by atoms with van der Waals surface area (Å²) in [5, 5.41) is 20.9. The van der Waals surface area contributed by atoms with Gasteiger partial charge in [0.15, 0.2) is 0 Å². The van der Waals surface area contributed by atoms with Crippen LogP contribution < -0.4 is 0 Å². The highest BCUT2D eigenvalue weighted by Gasteiger charge is 2.24. The van der Waals surface area contributed by atoms with Crippen molar-refractivity contribution in [1.82, 2.24) is 3.97 Å². The van der Waals surface area contributed by atoms with Crippen LogP contribution in [0.15, 0.2) is 53.6 Å². The Bertz CT molecular complexity index is 1060. The third-order valence-electron chi connectivity index (χ3n) is 3.60. The maximum Gasteiger partial charge on any atom is 0.289 e. The molecule has 0 aliphatic heterocycles. The number of aromatic nitrogens is 1. The van der Waals surface area contributed by atoms with Gasteiger partial charge in [0.2, 0.25) is 0 Å². The van der Waals surface area contributed by atoms with Crippen LogP contribution >= 0.6 is 11.6 Å². The van der Waals surface area contributed by atoms with Crippen LogP contribution in [0, 0.1) is 10.1 Å². The van der Waals surface area contributed by atoms with Crippen molar-refractivity contribution in [3.63, 3.8) is 0 Å². The summed E-state index contributed by atoms with van der Waals surface area (Å²) < 4.78 is 26.8. The van der Waals surface area contributed by atoms with Gasteiger partial charge in [0.05, 0.1) is 21.9 Å². The zero-order valence-electron chi connectivity index (χ0n) is 12.1. The van der Waals surface area contributed by atoms with E-state index in [-0.39, 0.29) is 16.5 Å². The largest absolute Gasteiger partial charge is 0.392 e. The number of aliphatic hydroxyl groups is 1. The van der Waals surface area contributed by atoms with Crippen LogP contribution in [0.2, 0.25) is 5.02 Å². The second kappa shape index (κ2) is 5.90. The lowest BCUT2D eigenvalue weighted by atomic mass is 10.2. The number of rotatable bonds is 4. The number of aliphatic hydroxyl groups excluding tert-OH is 1. The number of hydrogen-bond donors (Lipinski definition) is 1. The fourth-order valence-electron chi connectivity index (χ4n) is 2.45. The minimum absolute atomic E-state index is 0.146. The van der Waals surface area contributed by atoms with E-state index in [1.165, 1.54) is 18.3 Å². The quantitative estimate of drug-likeness (QED) is 0.565. The first kappa shape index (κ1) is 16.4. The highest BCUT2D eigenvalue weighted by atomic mass is 35.5. The third kappa shape index (κ3) is 2.54. The van der Waals surface area contributed by atoms with E-state index in [0.717, 1.165) is 10.0 Å². The Labute approximate surface area is 141 Å². The minimum atomic E-state index is -4.09. The summed E-state index contributed by atoms with van der Waals surface area (Å²) in [6, 6.07) is 9.98.